The number of rotatable bonds is 4. The van der Waals surface area contributed by atoms with Crippen molar-refractivity contribution in [2.45, 2.75) is 12.8 Å². The minimum absolute atomic E-state index is 0. The summed E-state index contributed by atoms with van der Waals surface area (Å²) in [6, 6.07) is 0. The van der Waals surface area contributed by atoms with Gasteiger partial charge in [0.2, 0.25) is 0 Å². The van der Waals surface area contributed by atoms with Crippen molar-refractivity contribution < 1.29 is 5.48 Å². The van der Waals surface area contributed by atoms with Crippen molar-refractivity contribution in [3.05, 3.63) is 0 Å². The molecule has 0 aromatic carbocycles. The predicted molar refractivity (Wildman–Crippen MR) is 42.6 cm³/mol. The number of guanidine groups is 1. The van der Waals surface area contributed by atoms with Gasteiger partial charge < -0.3 is 22.7 Å². The zero-order valence-corrected chi connectivity index (χ0v) is 6.01. The Balaban J connectivity index is 0. The van der Waals surface area contributed by atoms with E-state index in [1.807, 2.05) is 0 Å². The first-order valence-corrected chi connectivity index (χ1v) is 3.03. The van der Waals surface area contributed by atoms with Crippen molar-refractivity contribution >= 4 is 5.96 Å². The van der Waals surface area contributed by atoms with Gasteiger partial charge in [0.05, 0.1) is 0 Å². The Morgan fingerprint density at radius 2 is 1.80 bits per heavy atom. The van der Waals surface area contributed by atoms with Crippen LogP contribution in [0.3, 0.4) is 0 Å². The third-order valence-electron chi connectivity index (χ3n) is 0.907. The van der Waals surface area contributed by atoms with Crippen LogP contribution in [0.25, 0.3) is 0 Å². The average Bonchev–Trinajstić information content (AvgIpc) is 1.80. The van der Waals surface area contributed by atoms with Crippen molar-refractivity contribution in [2.75, 3.05) is 13.1 Å². The second-order valence-corrected chi connectivity index (χ2v) is 1.80. The Morgan fingerprint density at radius 1 is 1.20 bits per heavy atom. The maximum atomic E-state index is 5.23. The van der Waals surface area contributed by atoms with Gasteiger partial charge in [-0.1, -0.05) is 0 Å². The number of unbranched alkanes of at least 4 members (excludes halogenated alkanes) is 1. The van der Waals surface area contributed by atoms with E-state index in [-0.39, 0.29) is 11.4 Å². The predicted octanol–water partition coefficient (Wildman–Crippen LogP) is -1.83. The molecule has 0 unspecified atom stereocenters. The van der Waals surface area contributed by atoms with Crippen molar-refractivity contribution in [3.8, 4) is 0 Å². The second-order valence-electron chi connectivity index (χ2n) is 1.80. The lowest BCUT2D eigenvalue weighted by molar-refractivity contribution is 0.755. The van der Waals surface area contributed by atoms with Crippen LogP contribution >= 0.6 is 0 Å². The molecule has 0 aliphatic heterocycles. The molecular weight excluding hydrogens is 132 g/mol. The van der Waals surface area contributed by atoms with Crippen LogP contribution in [0.2, 0.25) is 0 Å². The Bertz CT molecular complexity index is 89.6. The fraction of sp³-hybridized carbons (Fsp3) is 0.800. The maximum Gasteiger partial charge on any atom is 0.185 e. The Hall–Kier alpha value is -0.810. The molecule has 8 N–H and O–H groups in total. The average molecular weight is 148 g/mol. The lowest BCUT2D eigenvalue weighted by Gasteiger charge is -1.92. The Labute approximate surface area is 60.6 Å². The molecule has 10 heavy (non-hydrogen) atoms. The van der Waals surface area contributed by atoms with Gasteiger partial charge in [-0.15, -0.1) is 0 Å². The molecule has 0 amide bonds. The Kier molecular flexibility index (Phi) is 9.77. The third-order valence-corrected chi connectivity index (χ3v) is 0.907. The van der Waals surface area contributed by atoms with Crippen molar-refractivity contribution in [2.24, 2.45) is 22.2 Å². The molecule has 0 bridgehead atoms. The minimum atomic E-state index is 0. The number of nitrogens with two attached hydrogens (primary N) is 3. The van der Waals surface area contributed by atoms with Gasteiger partial charge in [0.15, 0.2) is 5.96 Å². The molecule has 0 spiro atoms. The fourth-order valence-corrected chi connectivity index (χ4v) is 0.464. The molecule has 0 atom stereocenters. The first-order valence-electron chi connectivity index (χ1n) is 3.03. The molecule has 0 fully saturated rings. The lowest BCUT2D eigenvalue weighted by atomic mass is 10.3. The summed E-state index contributed by atoms with van der Waals surface area (Å²) in [5.41, 5.74) is 15.4. The summed E-state index contributed by atoms with van der Waals surface area (Å²) in [6.07, 6.45) is 1.95. The molecule has 0 aromatic heterocycles. The molecule has 0 aromatic rings. The standard InChI is InChI=1S/C5H14N4.H2O/c6-3-1-2-4-9-5(7)8;/h1-4,6H2,(H4,7,8,9);1H2. The molecule has 5 heteroatoms. The SMILES string of the molecule is NCCCCN=C(N)N.O. The van der Waals surface area contributed by atoms with Crippen LogP contribution in [0.4, 0.5) is 0 Å². The molecule has 0 heterocycles. The molecule has 0 saturated carbocycles. The van der Waals surface area contributed by atoms with E-state index >= 15 is 0 Å². The van der Waals surface area contributed by atoms with Crippen molar-refractivity contribution in [1.29, 1.82) is 0 Å². The number of hydrogen-bond acceptors (Lipinski definition) is 2. The zero-order valence-electron chi connectivity index (χ0n) is 6.01. The van der Waals surface area contributed by atoms with Crippen LogP contribution in [0.1, 0.15) is 12.8 Å². The largest absolute Gasteiger partial charge is 0.412 e. The number of hydrogen-bond donors (Lipinski definition) is 3. The molecule has 0 saturated heterocycles. The van der Waals surface area contributed by atoms with Crippen molar-refractivity contribution in [3.63, 3.8) is 0 Å². The van der Waals surface area contributed by atoms with Crippen molar-refractivity contribution in [1.82, 2.24) is 0 Å². The van der Waals surface area contributed by atoms with E-state index in [0.29, 0.717) is 13.1 Å². The third kappa shape index (κ3) is 10.2. The highest BCUT2D eigenvalue weighted by Crippen LogP contribution is 1.84. The van der Waals surface area contributed by atoms with Gasteiger partial charge in [-0.25, -0.2) is 0 Å². The highest BCUT2D eigenvalue weighted by Gasteiger charge is 1.82. The van der Waals surface area contributed by atoms with Crippen LogP contribution in [0.15, 0.2) is 4.99 Å². The van der Waals surface area contributed by atoms with Gasteiger partial charge in [-0.2, -0.15) is 0 Å². The zero-order chi connectivity index (χ0) is 7.11. The Morgan fingerprint density at radius 3 is 2.20 bits per heavy atom. The summed E-state index contributed by atoms with van der Waals surface area (Å²) in [4.78, 5) is 3.78. The van der Waals surface area contributed by atoms with Crippen LogP contribution in [0, 0.1) is 0 Å². The van der Waals surface area contributed by atoms with E-state index in [9.17, 15) is 0 Å². The lowest BCUT2D eigenvalue weighted by Crippen LogP contribution is -2.23. The summed E-state index contributed by atoms with van der Waals surface area (Å²) in [6.45, 7) is 1.40. The van der Waals surface area contributed by atoms with Crippen LogP contribution in [-0.4, -0.2) is 24.5 Å². The topological polar surface area (TPSA) is 122 Å². The highest BCUT2D eigenvalue weighted by molar-refractivity contribution is 5.75. The maximum absolute atomic E-state index is 5.23. The molecule has 0 aliphatic rings. The normalized spacial score (nSPS) is 8.10. The molecule has 0 aliphatic carbocycles. The molecule has 0 radical (unpaired) electrons. The van der Waals surface area contributed by atoms with E-state index in [2.05, 4.69) is 4.99 Å². The fourth-order valence-electron chi connectivity index (χ4n) is 0.464. The summed E-state index contributed by atoms with van der Waals surface area (Å²) >= 11 is 0. The van der Waals surface area contributed by atoms with Gasteiger partial charge in [0.25, 0.3) is 0 Å². The van der Waals surface area contributed by atoms with Gasteiger partial charge in [0.1, 0.15) is 0 Å². The number of aliphatic imine (C=N–C) groups is 1. The molecular formula is C5H16N4O. The van der Waals surface area contributed by atoms with E-state index in [4.69, 9.17) is 17.2 Å². The van der Waals surface area contributed by atoms with Gasteiger partial charge in [-0.05, 0) is 19.4 Å². The minimum Gasteiger partial charge on any atom is -0.412 e. The smallest absolute Gasteiger partial charge is 0.185 e. The van der Waals surface area contributed by atoms with Gasteiger partial charge in [0, 0.05) is 6.54 Å². The van der Waals surface area contributed by atoms with Crippen LogP contribution in [0.5, 0.6) is 0 Å². The van der Waals surface area contributed by atoms with E-state index < -0.39 is 0 Å². The van der Waals surface area contributed by atoms with Crippen LogP contribution in [-0.2, 0) is 0 Å². The van der Waals surface area contributed by atoms with Gasteiger partial charge in [-0.3, -0.25) is 4.99 Å². The summed E-state index contributed by atoms with van der Waals surface area (Å²) < 4.78 is 0. The molecule has 5 nitrogen and oxygen atoms in total. The van der Waals surface area contributed by atoms with E-state index in [1.165, 1.54) is 0 Å². The van der Waals surface area contributed by atoms with E-state index in [0.717, 1.165) is 12.8 Å². The summed E-state index contributed by atoms with van der Waals surface area (Å²) in [5, 5.41) is 0. The van der Waals surface area contributed by atoms with Crippen LogP contribution < -0.4 is 17.2 Å². The highest BCUT2D eigenvalue weighted by atomic mass is 16.0. The van der Waals surface area contributed by atoms with Gasteiger partial charge >= 0.3 is 0 Å². The first kappa shape index (κ1) is 11.9. The first-order chi connectivity index (χ1) is 4.27. The quantitative estimate of drug-likeness (QED) is 0.247. The summed E-state index contributed by atoms with van der Waals surface area (Å²) in [5.74, 6) is 0.159. The van der Waals surface area contributed by atoms with E-state index in [1.54, 1.807) is 0 Å². The monoisotopic (exact) mass is 148 g/mol. The molecule has 0 rings (SSSR count). The number of nitrogens with zero attached hydrogens (tertiary/aromatic N) is 1. The second kappa shape index (κ2) is 8.19. The molecule has 62 valence electrons. The summed E-state index contributed by atoms with van der Waals surface area (Å²) in [7, 11) is 0.